The van der Waals surface area contributed by atoms with Crippen molar-refractivity contribution in [3.8, 4) is 5.69 Å². The Morgan fingerprint density at radius 1 is 1.15 bits per heavy atom. The summed E-state index contributed by atoms with van der Waals surface area (Å²) >= 11 is 0. The number of aromatic nitrogens is 3. The van der Waals surface area contributed by atoms with Gasteiger partial charge in [0.05, 0.1) is 11.7 Å². The molecule has 3 aromatic rings. The van der Waals surface area contributed by atoms with Crippen molar-refractivity contribution < 1.29 is 4.79 Å². The van der Waals surface area contributed by atoms with Crippen LogP contribution in [-0.4, -0.2) is 45.2 Å². The van der Waals surface area contributed by atoms with Gasteiger partial charge in [0, 0.05) is 25.2 Å². The van der Waals surface area contributed by atoms with Gasteiger partial charge in [-0.1, -0.05) is 31.2 Å². The summed E-state index contributed by atoms with van der Waals surface area (Å²) in [5.41, 5.74) is 4.06. The Kier molecular flexibility index (Phi) is 4.98. The molecular formula is C21H23N5O. The zero-order valence-corrected chi connectivity index (χ0v) is 15.4. The van der Waals surface area contributed by atoms with E-state index in [2.05, 4.69) is 46.6 Å². The van der Waals surface area contributed by atoms with Crippen LogP contribution in [0.5, 0.6) is 0 Å². The predicted molar refractivity (Wildman–Crippen MR) is 104 cm³/mol. The highest BCUT2D eigenvalue weighted by Gasteiger charge is 2.28. The van der Waals surface area contributed by atoms with Crippen LogP contribution in [0.15, 0.2) is 61.2 Å². The standard InChI is InChI=1S/C21H23N5O/c1-2-16-3-5-17(6-4-16)20-13-22-11-12-25(20)21(27)18-7-9-19(10-8-18)26-15-23-14-24-26/h3-10,14-15,20,22H,2,11-13H2,1H3. The summed E-state index contributed by atoms with van der Waals surface area (Å²) in [6, 6.07) is 16.2. The van der Waals surface area contributed by atoms with E-state index >= 15 is 0 Å². The van der Waals surface area contributed by atoms with Gasteiger partial charge in [-0.15, -0.1) is 0 Å². The van der Waals surface area contributed by atoms with Gasteiger partial charge < -0.3 is 10.2 Å². The van der Waals surface area contributed by atoms with Crippen LogP contribution in [0, 0.1) is 0 Å². The van der Waals surface area contributed by atoms with Crippen molar-refractivity contribution in [3.63, 3.8) is 0 Å². The number of rotatable bonds is 4. The topological polar surface area (TPSA) is 63.1 Å². The van der Waals surface area contributed by atoms with E-state index in [9.17, 15) is 4.79 Å². The second-order valence-electron chi connectivity index (χ2n) is 6.70. The van der Waals surface area contributed by atoms with Gasteiger partial charge in [0.2, 0.25) is 0 Å². The van der Waals surface area contributed by atoms with Gasteiger partial charge in [-0.2, -0.15) is 5.10 Å². The van der Waals surface area contributed by atoms with E-state index in [1.807, 2.05) is 29.2 Å². The normalized spacial score (nSPS) is 17.1. The molecule has 2 aromatic carbocycles. The van der Waals surface area contributed by atoms with Crippen LogP contribution >= 0.6 is 0 Å². The maximum Gasteiger partial charge on any atom is 0.254 e. The van der Waals surface area contributed by atoms with Gasteiger partial charge in [0.1, 0.15) is 12.7 Å². The zero-order valence-electron chi connectivity index (χ0n) is 15.4. The Hall–Kier alpha value is -2.99. The number of nitrogens with zero attached hydrogens (tertiary/aromatic N) is 4. The molecule has 1 N–H and O–H groups in total. The summed E-state index contributed by atoms with van der Waals surface area (Å²) in [6.07, 6.45) is 4.15. The average molecular weight is 361 g/mol. The fourth-order valence-electron chi connectivity index (χ4n) is 3.48. The van der Waals surface area contributed by atoms with Crippen LogP contribution in [-0.2, 0) is 6.42 Å². The van der Waals surface area contributed by atoms with Crippen molar-refractivity contribution in [2.75, 3.05) is 19.6 Å². The van der Waals surface area contributed by atoms with Crippen LogP contribution in [0.4, 0.5) is 0 Å². The number of carbonyl (C=O) groups is 1. The minimum Gasteiger partial charge on any atom is -0.329 e. The quantitative estimate of drug-likeness (QED) is 0.776. The Bertz CT molecular complexity index is 887. The fraction of sp³-hybridized carbons (Fsp3) is 0.286. The molecule has 2 heterocycles. The van der Waals surface area contributed by atoms with Gasteiger partial charge >= 0.3 is 0 Å². The molecule has 4 rings (SSSR count). The lowest BCUT2D eigenvalue weighted by Gasteiger charge is -2.36. The summed E-state index contributed by atoms with van der Waals surface area (Å²) in [5, 5.41) is 7.53. The molecule has 1 aliphatic rings. The molecule has 0 radical (unpaired) electrons. The van der Waals surface area contributed by atoms with Crippen molar-refractivity contribution >= 4 is 5.91 Å². The molecular weight excluding hydrogens is 338 g/mol. The summed E-state index contributed by atoms with van der Waals surface area (Å²) in [4.78, 5) is 19.1. The van der Waals surface area contributed by atoms with E-state index in [1.54, 1.807) is 11.0 Å². The second-order valence-corrected chi connectivity index (χ2v) is 6.70. The lowest BCUT2D eigenvalue weighted by molar-refractivity contribution is 0.0634. The number of benzene rings is 2. The molecule has 138 valence electrons. The van der Waals surface area contributed by atoms with E-state index < -0.39 is 0 Å². The molecule has 0 aliphatic carbocycles. The maximum atomic E-state index is 13.2. The van der Waals surface area contributed by atoms with E-state index in [0.29, 0.717) is 12.1 Å². The summed E-state index contributed by atoms with van der Waals surface area (Å²) in [7, 11) is 0. The molecule has 1 amide bonds. The summed E-state index contributed by atoms with van der Waals surface area (Å²) < 4.78 is 1.68. The minimum absolute atomic E-state index is 0.0483. The Morgan fingerprint density at radius 2 is 1.93 bits per heavy atom. The largest absolute Gasteiger partial charge is 0.329 e. The van der Waals surface area contributed by atoms with Crippen LogP contribution in [0.2, 0.25) is 0 Å². The third kappa shape index (κ3) is 3.61. The van der Waals surface area contributed by atoms with Gasteiger partial charge in [-0.05, 0) is 41.8 Å². The van der Waals surface area contributed by atoms with Gasteiger partial charge in [0.25, 0.3) is 5.91 Å². The molecule has 0 spiro atoms. The summed E-state index contributed by atoms with van der Waals surface area (Å²) in [5.74, 6) is 0.0613. The number of aryl methyl sites for hydroxylation is 1. The van der Waals surface area contributed by atoms with Crippen molar-refractivity contribution in [2.24, 2.45) is 0 Å². The molecule has 1 atom stereocenters. The molecule has 1 aromatic heterocycles. The molecule has 1 saturated heterocycles. The van der Waals surface area contributed by atoms with Crippen LogP contribution < -0.4 is 5.32 Å². The van der Waals surface area contributed by atoms with Crippen molar-refractivity contribution in [3.05, 3.63) is 77.9 Å². The first-order valence-corrected chi connectivity index (χ1v) is 9.32. The minimum atomic E-state index is 0.0483. The van der Waals surface area contributed by atoms with Crippen LogP contribution in [0.3, 0.4) is 0 Å². The van der Waals surface area contributed by atoms with Crippen molar-refractivity contribution in [1.82, 2.24) is 25.0 Å². The zero-order chi connectivity index (χ0) is 18.6. The highest BCUT2D eigenvalue weighted by atomic mass is 16.2. The molecule has 1 unspecified atom stereocenters. The third-order valence-electron chi connectivity index (χ3n) is 5.07. The third-order valence-corrected chi connectivity index (χ3v) is 5.07. The Balaban J connectivity index is 1.56. The van der Waals surface area contributed by atoms with E-state index in [4.69, 9.17) is 0 Å². The number of nitrogens with one attached hydrogen (secondary N) is 1. The lowest BCUT2D eigenvalue weighted by atomic mass is 10.00. The number of hydrogen-bond donors (Lipinski definition) is 1. The molecule has 0 saturated carbocycles. The van der Waals surface area contributed by atoms with Gasteiger partial charge in [-0.25, -0.2) is 9.67 Å². The number of hydrogen-bond acceptors (Lipinski definition) is 4. The number of carbonyl (C=O) groups excluding carboxylic acids is 1. The Labute approximate surface area is 158 Å². The number of piperazine rings is 1. The monoisotopic (exact) mass is 361 g/mol. The fourth-order valence-corrected chi connectivity index (χ4v) is 3.48. The molecule has 6 nitrogen and oxygen atoms in total. The van der Waals surface area contributed by atoms with Crippen LogP contribution in [0.1, 0.15) is 34.5 Å². The highest BCUT2D eigenvalue weighted by molar-refractivity contribution is 5.94. The summed E-state index contributed by atoms with van der Waals surface area (Å²) in [6.45, 7) is 4.43. The van der Waals surface area contributed by atoms with Gasteiger partial charge in [0.15, 0.2) is 0 Å². The molecule has 1 aliphatic heterocycles. The molecule has 1 fully saturated rings. The van der Waals surface area contributed by atoms with Crippen LogP contribution in [0.25, 0.3) is 5.69 Å². The Morgan fingerprint density at radius 3 is 2.59 bits per heavy atom. The molecule has 6 heteroatoms. The molecule has 0 bridgehead atoms. The SMILES string of the molecule is CCc1ccc(C2CNCCN2C(=O)c2ccc(-n3cncn3)cc2)cc1. The predicted octanol–water partition coefficient (Wildman–Crippen LogP) is 2.62. The lowest BCUT2D eigenvalue weighted by Crippen LogP contribution is -2.48. The maximum absolute atomic E-state index is 13.2. The van der Waals surface area contributed by atoms with E-state index in [0.717, 1.165) is 25.2 Å². The van der Waals surface area contributed by atoms with E-state index in [1.165, 1.54) is 17.5 Å². The van der Waals surface area contributed by atoms with Crippen molar-refractivity contribution in [1.29, 1.82) is 0 Å². The first kappa shape index (κ1) is 17.4. The molecule has 27 heavy (non-hydrogen) atoms. The smallest absolute Gasteiger partial charge is 0.254 e. The van der Waals surface area contributed by atoms with Gasteiger partial charge in [-0.3, -0.25) is 4.79 Å². The first-order valence-electron chi connectivity index (χ1n) is 9.32. The second kappa shape index (κ2) is 7.72. The average Bonchev–Trinajstić information content (AvgIpc) is 3.28. The van der Waals surface area contributed by atoms with Crippen molar-refractivity contribution in [2.45, 2.75) is 19.4 Å². The number of amides is 1. The first-order chi connectivity index (χ1) is 13.3. The van der Waals surface area contributed by atoms with E-state index in [-0.39, 0.29) is 11.9 Å². The highest BCUT2D eigenvalue weighted by Crippen LogP contribution is 2.25.